The van der Waals surface area contributed by atoms with E-state index < -0.39 is 23.9 Å². The Balaban J connectivity index is 1.33. The van der Waals surface area contributed by atoms with Crippen LogP contribution in [0.25, 0.3) is 16.9 Å². The molecule has 10 heteroatoms. The third-order valence-corrected chi connectivity index (χ3v) is 11.7. The van der Waals surface area contributed by atoms with Crippen LogP contribution in [0, 0.1) is 27.7 Å². The number of aryl methyl sites for hydroxylation is 4. The highest BCUT2D eigenvalue weighted by Gasteiger charge is 2.20. The first-order chi connectivity index (χ1) is 33.7. The van der Waals surface area contributed by atoms with Crippen LogP contribution < -0.4 is 9.80 Å². The third kappa shape index (κ3) is 12.9. The first-order valence-electron chi connectivity index (χ1n) is 22.8. The molecule has 0 aliphatic rings. The summed E-state index contributed by atoms with van der Waals surface area (Å²) >= 11 is 0. The molecule has 0 aliphatic carbocycles. The summed E-state index contributed by atoms with van der Waals surface area (Å²) in [4.78, 5) is 51.5. The molecule has 0 atom stereocenters. The summed E-state index contributed by atoms with van der Waals surface area (Å²) in [5.74, 6) is -1.68. The van der Waals surface area contributed by atoms with Crippen LogP contribution in [-0.2, 0) is 57.4 Å². The first kappa shape index (κ1) is 50.9. The minimum atomic E-state index is -0.576. The maximum absolute atomic E-state index is 12.1. The van der Waals surface area contributed by atoms with Crippen molar-refractivity contribution in [1.29, 1.82) is 0 Å². The molecule has 0 saturated heterocycles. The summed E-state index contributed by atoms with van der Waals surface area (Å²) in [6.07, 6.45) is 6.29. The van der Waals surface area contributed by atoms with Gasteiger partial charge in [-0.15, -0.1) is 0 Å². The third-order valence-electron chi connectivity index (χ3n) is 11.7. The van der Waals surface area contributed by atoms with Gasteiger partial charge in [-0.1, -0.05) is 81.4 Å². The number of rotatable bonds is 22. The Morgan fingerprint density at radius 3 is 1.09 bits per heavy atom. The van der Waals surface area contributed by atoms with Gasteiger partial charge in [0.2, 0.25) is 0 Å². The normalized spacial score (nSPS) is 10.6. The van der Waals surface area contributed by atoms with Crippen LogP contribution >= 0.6 is 0 Å². The molecule has 6 aromatic rings. The van der Waals surface area contributed by atoms with Crippen LogP contribution in [0.1, 0.15) is 44.5 Å². The fourth-order valence-corrected chi connectivity index (χ4v) is 8.31. The summed E-state index contributed by atoms with van der Waals surface area (Å²) in [6.45, 7) is 26.8. The molecule has 0 fully saturated rings. The van der Waals surface area contributed by atoms with Crippen LogP contribution in [0.4, 0.5) is 34.1 Å². The summed E-state index contributed by atoms with van der Waals surface area (Å²) in [5, 5.41) is 0. The second-order valence-electron chi connectivity index (χ2n) is 16.5. The molecule has 0 N–H and O–H groups in total. The fourth-order valence-electron chi connectivity index (χ4n) is 8.31. The lowest BCUT2D eigenvalue weighted by atomic mass is 9.98. The van der Waals surface area contributed by atoms with Crippen LogP contribution in [-0.4, -0.2) is 43.7 Å². The van der Waals surface area contributed by atoms with Gasteiger partial charge in [0.05, 0.1) is 19.8 Å². The Labute approximate surface area is 411 Å². The molecule has 0 aromatic heterocycles. The molecular weight excluding hydrogens is 877 g/mol. The largest absolute Gasteiger partial charge is 0.462 e. The van der Waals surface area contributed by atoms with Gasteiger partial charge in [0.25, 0.3) is 0 Å². The zero-order valence-electron chi connectivity index (χ0n) is 40.3. The number of anilines is 6. The summed E-state index contributed by atoms with van der Waals surface area (Å²) in [6, 6.07) is 41.6. The molecule has 356 valence electrons. The molecule has 0 radical (unpaired) electrons. The molecular formula is C60H58N2O8. The quantitative estimate of drug-likeness (QED) is 0.0282. The van der Waals surface area contributed by atoms with E-state index in [0.717, 1.165) is 108 Å². The number of hydrogen-bond acceptors (Lipinski definition) is 10. The second kappa shape index (κ2) is 24.0. The lowest BCUT2D eigenvalue weighted by molar-refractivity contribution is -0.138. The van der Waals surface area contributed by atoms with Crippen molar-refractivity contribution in [3.8, 4) is 11.1 Å². The van der Waals surface area contributed by atoms with E-state index in [2.05, 4.69) is 129 Å². The number of nitrogens with zero attached hydrogens (tertiary/aromatic N) is 2. The van der Waals surface area contributed by atoms with Gasteiger partial charge in [-0.05, 0) is 151 Å². The Morgan fingerprint density at radius 1 is 0.429 bits per heavy atom. The zero-order valence-corrected chi connectivity index (χ0v) is 40.3. The summed E-state index contributed by atoms with van der Waals surface area (Å²) in [7, 11) is 0. The Kier molecular flexibility index (Phi) is 17.4. The molecule has 6 aromatic carbocycles. The maximum atomic E-state index is 12.1. The van der Waals surface area contributed by atoms with E-state index in [9.17, 15) is 19.2 Å². The first-order valence-corrected chi connectivity index (χ1v) is 22.8. The maximum Gasteiger partial charge on any atom is 0.335 e. The highest BCUT2D eigenvalue weighted by atomic mass is 16.5. The van der Waals surface area contributed by atoms with E-state index >= 15 is 0 Å². The molecule has 0 spiro atoms. The van der Waals surface area contributed by atoms with Gasteiger partial charge in [-0.25, -0.2) is 19.2 Å². The van der Waals surface area contributed by atoms with Gasteiger partial charge in [-0.2, -0.15) is 0 Å². The summed E-state index contributed by atoms with van der Waals surface area (Å²) < 4.78 is 21.2. The number of hydrogen-bond donors (Lipinski definition) is 0. The number of ether oxygens (including phenoxy) is 4. The topological polar surface area (TPSA) is 112 Å². The van der Waals surface area contributed by atoms with Gasteiger partial charge >= 0.3 is 23.9 Å². The predicted molar refractivity (Wildman–Crippen MR) is 280 cm³/mol. The summed E-state index contributed by atoms with van der Waals surface area (Å²) in [5.41, 5.74) is 15.4. The van der Waals surface area contributed by atoms with Crippen LogP contribution in [0.3, 0.4) is 0 Å². The van der Waals surface area contributed by atoms with Gasteiger partial charge in [0, 0.05) is 83.3 Å². The highest BCUT2D eigenvalue weighted by Crippen LogP contribution is 2.41. The van der Waals surface area contributed by atoms with Gasteiger partial charge in [0.15, 0.2) is 0 Å². The average molecular weight is 935 g/mol. The van der Waals surface area contributed by atoms with Crippen molar-refractivity contribution < 1.29 is 38.1 Å². The van der Waals surface area contributed by atoms with Crippen molar-refractivity contribution in [3.05, 3.63) is 223 Å². The molecule has 0 amide bonds. The number of carbonyl (C=O) groups excluding carboxylic acids is 4. The van der Waals surface area contributed by atoms with E-state index in [4.69, 9.17) is 18.9 Å². The van der Waals surface area contributed by atoms with E-state index in [1.54, 1.807) is 0 Å². The smallest absolute Gasteiger partial charge is 0.335 e. The van der Waals surface area contributed by atoms with Crippen LogP contribution in [0.15, 0.2) is 179 Å². The molecule has 6 rings (SSSR count). The molecule has 0 heterocycles. The van der Waals surface area contributed by atoms with Gasteiger partial charge in [0.1, 0.15) is 5.76 Å². The Hall–Kier alpha value is -8.50. The SMILES string of the molecule is C=CC(=O)OCCc1ccc(N(c2ccc(-c3ccc(N(c4ccc(CCOC(=O)C=C)cc4)c4cc(C)c(C(=C)OC(=O)C=C)c(C)c4)cc3)cc2)c2cc(C)c(CCOC(=O)C=C)c(C)c2)cc1. The fraction of sp³-hybridized carbons (Fsp3) is 0.167. The number of carbonyl (C=O) groups is 4. The van der Waals surface area contributed by atoms with Crippen molar-refractivity contribution in [2.75, 3.05) is 29.6 Å². The Morgan fingerprint density at radius 2 is 0.743 bits per heavy atom. The van der Waals surface area contributed by atoms with E-state index in [1.165, 1.54) is 6.08 Å². The lowest BCUT2D eigenvalue weighted by Crippen LogP contribution is -2.12. The molecule has 0 aliphatic heterocycles. The molecule has 0 saturated carbocycles. The van der Waals surface area contributed by atoms with Gasteiger partial charge in [-0.3, -0.25) is 0 Å². The van der Waals surface area contributed by atoms with Crippen LogP contribution in [0.5, 0.6) is 0 Å². The lowest BCUT2D eigenvalue weighted by Gasteiger charge is -2.28. The predicted octanol–water partition coefficient (Wildman–Crippen LogP) is 13.0. The van der Waals surface area contributed by atoms with Crippen molar-refractivity contribution in [1.82, 2.24) is 0 Å². The van der Waals surface area contributed by atoms with E-state index in [0.29, 0.717) is 19.3 Å². The highest BCUT2D eigenvalue weighted by molar-refractivity contribution is 5.88. The van der Waals surface area contributed by atoms with Gasteiger partial charge < -0.3 is 28.7 Å². The molecule has 0 bridgehead atoms. The number of esters is 4. The van der Waals surface area contributed by atoms with Crippen molar-refractivity contribution in [3.63, 3.8) is 0 Å². The minimum Gasteiger partial charge on any atom is -0.462 e. The zero-order chi connectivity index (χ0) is 50.3. The standard InChI is InChI=1S/C60H58N2O8/c1-10-56(63)67-33-30-45-14-22-49(23-15-45)61(53-36-40(5)55(41(6)37-53)32-35-69-58(65)12-3)51-26-18-47(19-27-51)48-20-28-52(29-21-48)62(50-24-16-46(17-25-50)31-34-68-57(64)11-2)54-38-42(7)60(43(8)39-54)44(9)70-59(66)13-4/h10-29,36-39H,1-4,9,30-35H2,5-8H3. The van der Waals surface area contributed by atoms with Crippen molar-refractivity contribution in [2.24, 2.45) is 0 Å². The molecule has 70 heavy (non-hydrogen) atoms. The van der Waals surface area contributed by atoms with Crippen LogP contribution in [0.2, 0.25) is 0 Å². The number of benzene rings is 6. The average Bonchev–Trinajstić information content (AvgIpc) is 3.35. The Bertz CT molecular complexity index is 2870. The molecule has 10 nitrogen and oxygen atoms in total. The van der Waals surface area contributed by atoms with E-state index in [-0.39, 0.29) is 25.6 Å². The second-order valence-corrected chi connectivity index (χ2v) is 16.5. The van der Waals surface area contributed by atoms with E-state index in [1.807, 2.05) is 62.4 Å². The van der Waals surface area contributed by atoms with Crippen molar-refractivity contribution in [2.45, 2.75) is 47.0 Å². The minimum absolute atomic E-state index is 0.240. The van der Waals surface area contributed by atoms with Crippen molar-refractivity contribution >= 4 is 63.8 Å². The monoisotopic (exact) mass is 934 g/mol. The molecule has 0 unspecified atom stereocenters.